The Morgan fingerprint density at radius 1 is 1.17 bits per heavy atom. The summed E-state index contributed by atoms with van der Waals surface area (Å²) >= 11 is 0. The number of likely N-dealkylation sites (tertiary alicyclic amines) is 1. The van der Waals surface area contributed by atoms with Crippen molar-refractivity contribution in [3.05, 3.63) is 29.8 Å². The molecule has 0 aromatic heterocycles. The highest BCUT2D eigenvalue weighted by molar-refractivity contribution is 7.92. The molecule has 1 aliphatic carbocycles. The number of methoxy groups -OCH3 is 1. The summed E-state index contributed by atoms with van der Waals surface area (Å²) in [6.07, 6.45) is -4.43. The molecule has 164 valence electrons. The number of amides is 1. The maximum atomic E-state index is 13.3. The van der Waals surface area contributed by atoms with Crippen LogP contribution in [0.15, 0.2) is 29.2 Å². The van der Waals surface area contributed by atoms with Crippen molar-refractivity contribution in [2.45, 2.75) is 48.0 Å². The minimum absolute atomic E-state index is 0.202. The Balaban J connectivity index is 1.90. The molecule has 0 spiro atoms. The van der Waals surface area contributed by atoms with Gasteiger partial charge in [-0.2, -0.15) is 13.2 Å². The zero-order valence-corrected chi connectivity index (χ0v) is 16.8. The third kappa shape index (κ3) is 4.35. The molecule has 1 saturated carbocycles. The molecule has 30 heavy (non-hydrogen) atoms. The predicted octanol–water partition coefficient (Wildman–Crippen LogP) is 1.99. The molecule has 1 aromatic carbocycles. The van der Waals surface area contributed by atoms with Crippen LogP contribution in [0.1, 0.15) is 31.2 Å². The number of carbonyl (C=O) groups excluding carboxylic acids is 3. The molecule has 2 atom stereocenters. The Labute approximate surface area is 171 Å². The van der Waals surface area contributed by atoms with Gasteiger partial charge in [0.05, 0.1) is 29.2 Å². The number of ether oxygens (including phenoxy) is 1. The van der Waals surface area contributed by atoms with E-state index in [0.717, 1.165) is 24.1 Å². The van der Waals surface area contributed by atoms with E-state index in [-0.39, 0.29) is 11.7 Å². The van der Waals surface area contributed by atoms with Crippen LogP contribution in [0.5, 0.6) is 0 Å². The molecule has 7 nitrogen and oxygen atoms in total. The number of halogens is 3. The molecule has 3 rings (SSSR count). The van der Waals surface area contributed by atoms with Crippen molar-refractivity contribution >= 4 is 27.5 Å². The lowest BCUT2D eigenvalue weighted by Crippen LogP contribution is -2.42. The zero-order chi connectivity index (χ0) is 22.3. The van der Waals surface area contributed by atoms with Gasteiger partial charge >= 0.3 is 12.1 Å². The smallest absolute Gasteiger partial charge is 0.417 e. The standard InChI is InChI=1S/C19H20F3NO6S/c1-29-18(26)14-8-12(10-23(14)17(25)9-15(24)11-6-7-11)30(27,28)16-5-3-2-4-13(16)19(20,21)22/h2-5,11-12,14H,6-10H2,1H3/t12-,14+/m1/s1. The van der Waals surface area contributed by atoms with Crippen molar-refractivity contribution in [2.24, 2.45) is 5.92 Å². The van der Waals surface area contributed by atoms with E-state index in [2.05, 4.69) is 4.74 Å². The van der Waals surface area contributed by atoms with Crippen LogP contribution >= 0.6 is 0 Å². The normalized spacial score (nSPS) is 22.1. The monoisotopic (exact) mass is 447 g/mol. The van der Waals surface area contributed by atoms with Crippen molar-refractivity contribution in [3.8, 4) is 0 Å². The topological polar surface area (TPSA) is 97.8 Å². The number of benzene rings is 1. The highest BCUT2D eigenvalue weighted by Crippen LogP contribution is 2.38. The van der Waals surface area contributed by atoms with Gasteiger partial charge < -0.3 is 9.64 Å². The van der Waals surface area contributed by atoms with Gasteiger partial charge in [0.2, 0.25) is 5.91 Å². The Kier molecular flexibility index (Phi) is 5.94. The minimum atomic E-state index is -4.89. The summed E-state index contributed by atoms with van der Waals surface area (Å²) < 4.78 is 70.6. The van der Waals surface area contributed by atoms with Gasteiger partial charge in [0, 0.05) is 12.5 Å². The summed E-state index contributed by atoms with van der Waals surface area (Å²) in [7, 11) is -3.48. The zero-order valence-electron chi connectivity index (χ0n) is 16.0. The van der Waals surface area contributed by atoms with Crippen LogP contribution in [0.2, 0.25) is 0 Å². The fourth-order valence-electron chi connectivity index (χ4n) is 3.59. The molecule has 11 heteroatoms. The van der Waals surface area contributed by atoms with Crippen molar-refractivity contribution in [3.63, 3.8) is 0 Å². The lowest BCUT2D eigenvalue weighted by Gasteiger charge is -2.22. The molecule has 0 radical (unpaired) electrons. The van der Waals surface area contributed by atoms with E-state index in [0.29, 0.717) is 18.9 Å². The van der Waals surface area contributed by atoms with Gasteiger partial charge in [0.1, 0.15) is 11.8 Å². The van der Waals surface area contributed by atoms with Crippen LogP contribution in [0.4, 0.5) is 13.2 Å². The highest BCUT2D eigenvalue weighted by atomic mass is 32.2. The van der Waals surface area contributed by atoms with E-state index in [1.165, 1.54) is 6.07 Å². The van der Waals surface area contributed by atoms with E-state index in [4.69, 9.17) is 0 Å². The average molecular weight is 447 g/mol. The Morgan fingerprint density at radius 3 is 2.37 bits per heavy atom. The van der Waals surface area contributed by atoms with Crippen LogP contribution in [0, 0.1) is 5.92 Å². The van der Waals surface area contributed by atoms with Crippen LogP contribution in [-0.2, 0) is 35.1 Å². The average Bonchev–Trinajstić information content (AvgIpc) is 3.44. The number of esters is 1. The Hall–Kier alpha value is -2.43. The number of rotatable bonds is 6. The van der Waals surface area contributed by atoms with Crippen LogP contribution in [-0.4, -0.2) is 55.9 Å². The minimum Gasteiger partial charge on any atom is -0.467 e. The molecular weight excluding hydrogens is 427 g/mol. The molecule has 1 heterocycles. The first-order chi connectivity index (χ1) is 14.0. The van der Waals surface area contributed by atoms with Crippen LogP contribution < -0.4 is 0 Å². The van der Waals surface area contributed by atoms with Gasteiger partial charge in [-0.15, -0.1) is 0 Å². The van der Waals surface area contributed by atoms with Gasteiger partial charge in [-0.3, -0.25) is 9.59 Å². The molecule has 2 fully saturated rings. The molecule has 1 aliphatic heterocycles. The van der Waals surface area contributed by atoms with Crippen LogP contribution in [0.3, 0.4) is 0 Å². The number of alkyl halides is 3. The summed E-state index contributed by atoms with van der Waals surface area (Å²) in [6.45, 7) is -0.495. The maximum Gasteiger partial charge on any atom is 0.417 e. The van der Waals surface area contributed by atoms with E-state index >= 15 is 0 Å². The molecule has 0 bridgehead atoms. The van der Waals surface area contributed by atoms with E-state index in [1.807, 2.05) is 0 Å². The maximum absolute atomic E-state index is 13.3. The number of carbonyl (C=O) groups is 3. The van der Waals surface area contributed by atoms with Crippen LogP contribution in [0.25, 0.3) is 0 Å². The number of nitrogens with zero attached hydrogens (tertiary/aromatic N) is 1. The van der Waals surface area contributed by atoms with E-state index in [1.54, 1.807) is 0 Å². The van der Waals surface area contributed by atoms with Gasteiger partial charge in [-0.25, -0.2) is 13.2 Å². The van der Waals surface area contributed by atoms with Crippen molar-refractivity contribution in [1.29, 1.82) is 0 Å². The summed E-state index contributed by atoms with van der Waals surface area (Å²) in [6, 6.07) is 2.48. The van der Waals surface area contributed by atoms with Crippen molar-refractivity contribution < 1.29 is 40.7 Å². The molecule has 1 saturated heterocycles. The molecule has 1 amide bonds. The number of hydrogen-bond acceptors (Lipinski definition) is 6. The fourth-order valence-corrected chi connectivity index (χ4v) is 5.50. The first kappa shape index (κ1) is 22.3. The van der Waals surface area contributed by atoms with Crippen molar-refractivity contribution in [2.75, 3.05) is 13.7 Å². The Bertz CT molecular complexity index is 971. The molecule has 1 aromatic rings. The third-order valence-electron chi connectivity index (χ3n) is 5.35. The molecular formula is C19H20F3NO6S. The Morgan fingerprint density at radius 2 is 1.80 bits per heavy atom. The second-order valence-electron chi connectivity index (χ2n) is 7.40. The predicted molar refractivity (Wildman–Crippen MR) is 96.9 cm³/mol. The number of sulfone groups is 1. The van der Waals surface area contributed by atoms with Gasteiger partial charge in [-0.05, 0) is 31.4 Å². The lowest BCUT2D eigenvalue weighted by atomic mass is 10.1. The van der Waals surface area contributed by atoms with Gasteiger partial charge in [0.15, 0.2) is 9.84 Å². The SMILES string of the molecule is COC(=O)[C@@H]1C[C@@H](S(=O)(=O)c2ccccc2C(F)(F)F)CN1C(=O)CC(=O)C1CC1. The van der Waals surface area contributed by atoms with Gasteiger partial charge in [-0.1, -0.05) is 12.1 Å². The van der Waals surface area contributed by atoms with E-state index < -0.39 is 69.0 Å². The molecule has 0 unspecified atom stereocenters. The summed E-state index contributed by atoms with van der Waals surface area (Å²) in [5, 5.41) is -1.44. The second kappa shape index (κ2) is 8.01. The van der Waals surface area contributed by atoms with E-state index in [9.17, 15) is 36.0 Å². The third-order valence-corrected chi connectivity index (χ3v) is 7.54. The number of hydrogen-bond donors (Lipinski definition) is 0. The first-order valence-electron chi connectivity index (χ1n) is 9.27. The fraction of sp³-hybridized carbons (Fsp3) is 0.526. The highest BCUT2D eigenvalue weighted by Gasteiger charge is 2.48. The lowest BCUT2D eigenvalue weighted by molar-refractivity contribution is -0.151. The quantitative estimate of drug-likeness (QED) is 0.489. The molecule has 2 aliphatic rings. The summed E-state index contributed by atoms with van der Waals surface area (Å²) in [5.74, 6) is -2.11. The number of ketones is 1. The largest absolute Gasteiger partial charge is 0.467 e. The number of Topliss-reactive ketones (excluding diaryl/α,β-unsaturated/α-hetero) is 1. The van der Waals surface area contributed by atoms with Gasteiger partial charge in [0.25, 0.3) is 0 Å². The molecule has 0 N–H and O–H groups in total. The summed E-state index contributed by atoms with van der Waals surface area (Å²) in [5.41, 5.74) is -1.31. The summed E-state index contributed by atoms with van der Waals surface area (Å²) in [4.78, 5) is 36.7. The first-order valence-corrected chi connectivity index (χ1v) is 10.8. The van der Waals surface area contributed by atoms with Crippen molar-refractivity contribution in [1.82, 2.24) is 4.90 Å². The second-order valence-corrected chi connectivity index (χ2v) is 9.60.